The van der Waals surface area contributed by atoms with E-state index in [0.717, 1.165) is 6.07 Å². The first-order chi connectivity index (χ1) is 9.99. The number of carbonyl (C=O) groups is 1. The van der Waals surface area contributed by atoms with Gasteiger partial charge in [0.15, 0.2) is 6.29 Å². The van der Waals surface area contributed by atoms with Gasteiger partial charge in [0.25, 0.3) is 0 Å². The lowest BCUT2D eigenvalue weighted by atomic mass is 10.1. The second-order valence-electron chi connectivity index (χ2n) is 4.52. The van der Waals surface area contributed by atoms with Gasteiger partial charge in [0.1, 0.15) is 5.65 Å². The minimum Gasteiger partial charge on any atom is -0.306 e. The van der Waals surface area contributed by atoms with E-state index in [4.69, 9.17) is 0 Å². The van der Waals surface area contributed by atoms with Crippen LogP contribution in [0.15, 0.2) is 48.8 Å². The van der Waals surface area contributed by atoms with Gasteiger partial charge in [-0.3, -0.25) is 4.79 Å². The van der Waals surface area contributed by atoms with Crippen LogP contribution in [0.4, 0.5) is 13.2 Å². The molecule has 0 aliphatic carbocycles. The minimum atomic E-state index is -4.44. The van der Waals surface area contributed by atoms with Crippen molar-refractivity contribution < 1.29 is 18.0 Å². The molecule has 0 atom stereocenters. The molecule has 0 fully saturated rings. The number of aromatic nitrogens is 2. The van der Waals surface area contributed by atoms with Crippen LogP contribution in [0.5, 0.6) is 0 Å². The highest BCUT2D eigenvalue weighted by atomic mass is 19.4. The summed E-state index contributed by atoms with van der Waals surface area (Å²) in [6, 6.07) is 8.43. The molecule has 21 heavy (non-hydrogen) atoms. The topological polar surface area (TPSA) is 34.4 Å². The fourth-order valence-electron chi connectivity index (χ4n) is 2.16. The van der Waals surface area contributed by atoms with Crippen molar-refractivity contribution in [3.05, 3.63) is 59.9 Å². The van der Waals surface area contributed by atoms with Crippen molar-refractivity contribution in [3.8, 4) is 11.3 Å². The first kappa shape index (κ1) is 13.4. The highest BCUT2D eigenvalue weighted by molar-refractivity contribution is 5.75. The van der Waals surface area contributed by atoms with Gasteiger partial charge >= 0.3 is 6.18 Å². The monoisotopic (exact) mass is 290 g/mol. The molecule has 1 aromatic carbocycles. The van der Waals surface area contributed by atoms with E-state index in [9.17, 15) is 18.0 Å². The number of benzene rings is 1. The molecule has 0 saturated heterocycles. The molecule has 0 aliphatic heterocycles. The van der Waals surface area contributed by atoms with Crippen molar-refractivity contribution in [2.75, 3.05) is 0 Å². The minimum absolute atomic E-state index is 0.0151. The first-order valence-corrected chi connectivity index (χ1v) is 6.09. The summed E-state index contributed by atoms with van der Waals surface area (Å²) in [4.78, 5) is 14.9. The second-order valence-corrected chi connectivity index (χ2v) is 4.52. The standard InChI is InChI=1S/C15H9F3N2O/c16-15(17,18)12-4-2-1-3-11(12)13-8-20-7-10(9-21)5-6-14(20)19-13/h1-9H. The summed E-state index contributed by atoms with van der Waals surface area (Å²) in [6.45, 7) is 0. The van der Waals surface area contributed by atoms with Gasteiger partial charge in [-0.05, 0) is 18.2 Å². The van der Waals surface area contributed by atoms with Crippen LogP contribution in [0, 0.1) is 0 Å². The molecule has 0 unspecified atom stereocenters. The van der Waals surface area contributed by atoms with Crippen LogP contribution in [-0.2, 0) is 6.18 Å². The molecule has 6 heteroatoms. The third-order valence-corrected chi connectivity index (χ3v) is 3.12. The van der Waals surface area contributed by atoms with E-state index in [1.807, 2.05) is 0 Å². The zero-order chi connectivity index (χ0) is 15.0. The first-order valence-electron chi connectivity index (χ1n) is 6.09. The van der Waals surface area contributed by atoms with Crippen LogP contribution < -0.4 is 0 Å². The third kappa shape index (κ3) is 2.40. The van der Waals surface area contributed by atoms with Crippen LogP contribution in [0.25, 0.3) is 16.9 Å². The second kappa shape index (κ2) is 4.73. The van der Waals surface area contributed by atoms with Crippen molar-refractivity contribution >= 4 is 11.9 Å². The van der Waals surface area contributed by atoms with Gasteiger partial charge in [0.2, 0.25) is 0 Å². The number of halogens is 3. The Bertz CT molecular complexity index is 821. The zero-order valence-corrected chi connectivity index (χ0v) is 10.6. The summed E-state index contributed by atoms with van der Waals surface area (Å²) in [5, 5.41) is 0. The number of carbonyl (C=O) groups excluding carboxylic acids is 1. The number of rotatable bonds is 2. The fraction of sp³-hybridized carbons (Fsp3) is 0.0667. The summed E-state index contributed by atoms with van der Waals surface area (Å²) in [7, 11) is 0. The molecule has 0 N–H and O–H groups in total. The molecule has 0 bridgehead atoms. The Morgan fingerprint density at radius 1 is 1.05 bits per heavy atom. The van der Waals surface area contributed by atoms with Crippen LogP contribution in [-0.4, -0.2) is 15.7 Å². The predicted octanol–water partition coefficient (Wildman–Crippen LogP) is 3.83. The van der Waals surface area contributed by atoms with Crippen molar-refractivity contribution in [1.82, 2.24) is 9.38 Å². The van der Waals surface area contributed by atoms with Crippen LogP contribution in [0.2, 0.25) is 0 Å². The van der Waals surface area contributed by atoms with E-state index in [-0.39, 0.29) is 11.3 Å². The Kier molecular flexibility index (Phi) is 3.01. The van der Waals surface area contributed by atoms with E-state index >= 15 is 0 Å². The van der Waals surface area contributed by atoms with Gasteiger partial charge in [-0.15, -0.1) is 0 Å². The SMILES string of the molecule is O=Cc1ccc2nc(-c3ccccc3C(F)(F)F)cn2c1. The Hall–Kier alpha value is -2.63. The van der Waals surface area contributed by atoms with E-state index in [2.05, 4.69) is 4.98 Å². The quantitative estimate of drug-likeness (QED) is 0.672. The Balaban J connectivity index is 2.19. The van der Waals surface area contributed by atoms with Gasteiger partial charge in [0, 0.05) is 23.5 Å². The maximum absolute atomic E-state index is 13.0. The molecule has 2 aromatic heterocycles. The average Bonchev–Trinajstić information content (AvgIpc) is 2.89. The molecule has 3 aromatic rings. The van der Waals surface area contributed by atoms with E-state index in [0.29, 0.717) is 17.5 Å². The summed E-state index contributed by atoms with van der Waals surface area (Å²) < 4.78 is 40.6. The summed E-state index contributed by atoms with van der Waals surface area (Å²) in [5.74, 6) is 0. The lowest BCUT2D eigenvalue weighted by Crippen LogP contribution is -2.06. The predicted molar refractivity (Wildman–Crippen MR) is 71.0 cm³/mol. The molecule has 2 heterocycles. The highest BCUT2D eigenvalue weighted by Crippen LogP contribution is 2.36. The van der Waals surface area contributed by atoms with Crippen molar-refractivity contribution in [3.63, 3.8) is 0 Å². The van der Waals surface area contributed by atoms with Crippen LogP contribution in [0.3, 0.4) is 0 Å². The van der Waals surface area contributed by atoms with Crippen molar-refractivity contribution in [2.24, 2.45) is 0 Å². The zero-order valence-electron chi connectivity index (χ0n) is 10.6. The molecule has 0 radical (unpaired) electrons. The molecule has 3 rings (SSSR count). The van der Waals surface area contributed by atoms with Crippen LogP contribution >= 0.6 is 0 Å². The number of hydrogen-bond acceptors (Lipinski definition) is 2. The van der Waals surface area contributed by atoms with Gasteiger partial charge in [-0.25, -0.2) is 4.98 Å². The molecular weight excluding hydrogens is 281 g/mol. The van der Waals surface area contributed by atoms with Crippen molar-refractivity contribution in [1.29, 1.82) is 0 Å². The smallest absolute Gasteiger partial charge is 0.306 e. The van der Waals surface area contributed by atoms with E-state index in [1.165, 1.54) is 35.0 Å². The van der Waals surface area contributed by atoms with E-state index < -0.39 is 11.7 Å². The molecule has 0 aliphatic rings. The maximum atomic E-state index is 13.0. The molecule has 0 saturated carbocycles. The van der Waals surface area contributed by atoms with Gasteiger partial charge < -0.3 is 4.40 Å². The Morgan fingerprint density at radius 2 is 1.81 bits per heavy atom. The molecule has 106 valence electrons. The molecule has 3 nitrogen and oxygen atoms in total. The number of pyridine rings is 1. The average molecular weight is 290 g/mol. The number of aldehydes is 1. The maximum Gasteiger partial charge on any atom is 0.417 e. The van der Waals surface area contributed by atoms with Crippen molar-refractivity contribution in [2.45, 2.75) is 6.18 Å². The van der Waals surface area contributed by atoms with Gasteiger partial charge in [0.05, 0.1) is 11.3 Å². The number of imidazole rings is 1. The lowest BCUT2D eigenvalue weighted by molar-refractivity contribution is -0.137. The summed E-state index contributed by atoms with van der Waals surface area (Å²) >= 11 is 0. The number of fused-ring (bicyclic) bond motifs is 1. The molecule has 0 spiro atoms. The number of hydrogen-bond donors (Lipinski definition) is 0. The summed E-state index contributed by atoms with van der Waals surface area (Å²) in [6.07, 6.45) is -0.773. The van der Waals surface area contributed by atoms with Crippen LogP contribution in [0.1, 0.15) is 15.9 Å². The Morgan fingerprint density at radius 3 is 2.52 bits per heavy atom. The molecular formula is C15H9F3N2O. The molecule has 0 amide bonds. The largest absolute Gasteiger partial charge is 0.417 e. The third-order valence-electron chi connectivity index (χ3n) is 3.12. The fourth-order valence-corrected chi connectivity index (χ4v) is 2.16. The van der Waals surface area contributed by atoms with Gasteiger partial charge in [-0.1, -0.05) is 18.2 Å². The van der Waals surface area contributed by atoms with E-state index in [1.54, 1.807) is 12.1 Å². The highest BCUT2D eigenvalue weighted by Gasteiger charge is 2.33. The number of alkyl halides is 3. The van der Waals surface area contributed by atoms with Gasteiger partial charge in [-0.2, -0.15) is 13.2 Å². The lowest BCUT2D eigenvalue weighted by Gasteiger charge is -2.10. The normalized spacial score (nSPS) is 11.8. The summed E-state index contributed by atoms with van der Waals surface area (Å²) in [5.41, 5.74) is 0.402. The Labute approximate surface area is 117 Å². The number of nitrogens with zero attached hydrogens (tertiary/aromatic N) is 2.